The summed E-state index contributed by atoms with van der Waals surface area (Å²) in [6.07, 6.45) is 0. The summed E-state index contributed by atoms with van der Waals surface area (Å²) < 4.78 is 0. The van der Waals surface area contributed by atoms with E-state index in [2.05, 4.69) is 0 Å². The average Bonchev–Trinajstić information content (AvgIpc) is 2.28. The molecule has 2 aromatic rings. The molecule has 0 fully saturated rings. The van der Waals surface area contributed by atoms with E-state index in [4.69, 9.17) is 17.2 Å². The highest BCUT2D eigenvalue weighted by Crippen LogP contribution is 2.37. The molecule has 2 aromatic carbocycles. The fraction of sp³-hybridized carbons (Fsp3) is 0. The van der Waals surface area contributed by atoms with Gasteiger partial charge in [-0.15, -0.1) is 37.2 Å². The lowest BCUT2D eigenvalue weighted by Crippen LogP contribution is -1.93. The predicted octanol–water partition coefficient (Wildman–Crippen LogP) is 3.56. The zero-order valence-corrected chi connectivity index (χ0v) is 13.5. The van der Waals surface area contributed by atoms with Crippen LogP contribution in [0.4, 0.5) is 17.1 Å². The van der Waals surface area contributed by atoms with Crippen LogP contribution in [0, 0.1) is 0 Å². The molecule has 0 radical (unpaired) electrons. The Morgan fingerprint density at radius 2 is 1.25 bits per heavy atom. The SMILES string of the molecule is Cl.Cl.Cl.Nc1ccc(N)c(Sc2cc(O)ccc2N)c1. The number of anilines is 3. The molecule has 0 spiro atoms. The van der Waals surface area contributed by atoms with E-state index in [-0.39, 0.29) is 43.0 Å². The Bertz CT molecular complexity index is 520. The fourth-order valence-corrected chi connectivity index (χ4v) is 2.35. The molecule has 0 aliphatic heterocycles. The first-order chi connectivity index (χ1) is 8.06. The van der Waals surface area contributed by atoms with E-state index in [1.807, 2.05) is 0 Å². The van der Waals surface area contributed by atoms with Crippen molar-refractivity contribution in [2.75, 3.05) is 17.2 Å². The molecule has 0 bridgehead atoms. The molecule has 0 saturated heterocycles. The fourth-order valence-electron chi connectivity index (χ4n) is 1.37. The maximum Gasteiger partial charge on any atom is 0.116 e. The van der Waals surface area contributed by atoms with Gasteiger partial charge in [0, 0.05) is 26.9 Å². The number of benzene rings is 2. The molecule has 4 nitrogen and oxygen atoms in total. The van der Waals surface area contributed by atoms with Gasteiger partial charge in [0.1, 0.15) is 5.75 Å². The highest BCUT2D eigenvalue weighted by atomic mass is 35.5. The summed E-state index contributed by atoms with van der Waals surface area (Å²) in [5.41, 5.74) is 19.2. The van der Waals surface area contributed by atoms with Crippen LogP contribution in [0.3, 0.4) is 0 Å². The van der Waals surface area contributed by atoms with E-state index in [0.717, 1.165) is 9.79 Å². The van der Waals surface area contributed by atoms with E-state index < -0.39 is 0 Å². The first kappa shape index (κ1) is 21.2. The molecule has 0 amide bonds. The van der Waals surface area contributed by atoms with Gasteiger partial charge in [0.2, 0.25) is 0 Å². The average molecular weight is 357 g/mol. The molecular formula is C12H16Cl3N3OS. The maximum atomic E-state index is 9.41. The van der Waals surface area contributed by atoms with Crippen LogP contribution in [0.1, 0.15) is 0 Å². The van der Waals surface area contributed by atoms with Gasteiger partial charge in [-0.25, -0.2) is 0 Å². The predicted molar refractivity (Wildman–Crippen MR) is 93.7 cm³/mol. The lowest BCUT2D eigenvalue weighted by Gasteiger charge is -2.09. The molecule has 0 aliphatic carbocycles. The van der Waals surface area contributed by atoms with Crippen LogP contribution in [0.25, 0.3) is 0 Å². The molecule has 0 atom stereocenters. The first-order valence-electron chi connectivity index (χ1n) is 4.97. The Morgan fingerprint density at radius 1 is 0.750 bits per heavy atom. The number of halogens is 3. The van der Waals surface area contributed by atoms with E-state index in [9.17, 15) is 5.11 Å². The topological polar surface area (TPSA) is 98.3 Å². The minimum atomic E-state index is 0. The van der Waals surface area contributed by atoms with Crippen LogP contribution in [-0.4, -0.2) is 5.11 Å². The number of phenolic OH excluding ortho intramolecular Hbond substituents is 1. The van der Waals surface area contributed by atoms with E-state index in [0.29, 0.717) is 17.1 Å². The van der Waals surface area contributed by atoms with Crippen molar-refractivity contribution in [3.8, 4) is 5.75 Å². The van der Waals surface area contributed by atoms with Gasteiger partial charge in [-0.05, 0) is 36.4 Å². The van der Waals surface area contributed by atoms with Crippen LogP contribution in [0.2, 0.25) is 0 Å². The first-order valence-corrected chi connectivity index (χ1v) is 5.79. The minimum Gasteiger partial charge on any atom is -0.508 e. The van der Waals surface area contributed by atoms with Gasteiger partial charge < -0.3 is 22.3 Å². The number of hydrogen-bond acceptors (Lipinski definition) is 5. The van der Waals surface area contributed by atoms with Crippen molar-refractivity contribution in [1.82, 2.24) is 0 Å². The molecule has 7 N–H and O–H groups in total. The van der Waals surface area contributed by atoms with Crippen molar-refractivity contribution in [1.29, 1.82) is 0 Å². The van der Waals surface area contributed by atoms with Gasteiger partial charge in [0.05, 0.1) is 0 Å². The summed E-state index contributed by atoms with van der Waals surface area (Å²) in [7, 11) is 0. The van der Waals surface area contributed by atoms with Crippen LogP contribution in [0.5, 0.6) is 5.75 Å². The zero-order valence-electron chi connectivity index (χ0n) is 10.3. The number of phenols is 1. The number of nitrogen functional groups attached to an aromatic ring is 3. The molecule has 0 aromatic heterocycles. The zero-order chi connectivity index (χ0) is 12.4. The molecule has 0 unspecified atom stereocenters. The lowest BCUT2D eigenvalue weighted by atomic mass is 10.3. The second-order valence-corrected chi connectivity index (χ2v) is 4.71. The number of nitrogens with two attached hydrogens (primary N) is 3. The van der Waals surface area contributed by atoms with Gasteiger partial charge in [-0.3, -0.25) is 0 Å². The summed E-state index contributed by atoms with van der Waals surface area (Å²) in [4.78, 5) is 1.57. The second-order valence-electron chi connectivity index (χ2n) is 3.62. The summed E-state index contributed by atoms with van der Waals surface area (Å²) in [6, 6.07) is 10.1. The summed E-state index contributed by atoms with van der Waals surface area (Å²) in [6.45, 7) is 0. The number of hydrogen-bond donors (Lipinski definition) is 4. The minimum absolute atomic E-state index is 0. The smallest absolute Gasteiger partial charge is 0.116 e. The Kier molecular flexibility index (Phi) is 9.44. The number of aromatic hydroxyl groups is 1. The van der Waals surface area contributed by atoms with E-state index >= 15 is 0 Å². The summed E-state index contributed by atoms with van der Waals surface area (Å²) in [5, 5.41) is 9.41. The largest absolute Gasteiger partial charge is 0.508 e. The molecule has 0 saturated carbocycles. The van der Waals surface area contributed by atoms with Crippen molar-refractivity contribution >= 4 is 66.0 Å². The third-order valence-corrected chi connectivity index (χ3v) is 3.40. The van der Waals surface area contributed by atoms with Gasteiger partial charge in [0.15, 0.2) is 0 Å². The highest BCUT2D eigenvalue weighted by Gasteiger charge is 2.06. The Morgan fingerprint density at radius 3 is 1.85 bits per heavy atom. The summed E-state index contributed by atoms with van der Waals surface area (Å²) in [5.74, 6) is 0.171. The third-order valence-electron chi connectivity index (χ3n) is 2.25. The molecule has 0 heterocycles. The standard InChI is InChI=1S/C12H13N3OS.3ClH/c13-7-1-3-9(14)11(5-7)17-12-6-8(16)2-4-10(12)15;;;/h1-6,16H,13-15H2;3*1H. The Labute approximate surface area is 140 Å². The highest BCUT2D eigenvalue weighted by molar-refractivity contribution is 7.99. The van der Waals surface area contributed by atoms with Crippen LogP contribution < -0.4 is 17.2 Å². The van der Waals surface area contributed by atoms with Crippen LogP contribution >= 0.6 is 49.0 Å². The van der Waals surface area contributed by atoms with Crippen molar-refractivity contribution in [3.63, 3.8) is 0 Å². The van der Waals surface area contributed by atoms with Crippen molar-refractivity contribution in [3.05, 3.63) is 36.4 Å². The normalized spacial score (nSPS) is 8.80. The van der Waals surface area contributed by atoms with E-state index in [1.165, 1.54) is 11.8 Å². The van der Waals surface area contributed by atoms with Gasteiger partial charge in [-0.1, -0.05) is 11.8 Å². The molecular weight excluding hydrogens is 341 g/mol. The van der Waals surface area contributed by atoms with Crippen LogP contribution in [-0.2, 0) is 0 Å². The van der Waals surface area contributed by atoms with Crippen molar-refractivity contribution < 1.29 is 5.11 Å². The third kappa shape index (κ3) is 5.09. The lowest BCUT2D eigenvalue weighted by molar-refractivity contribution is 0.474. The monoisotopic (exact) mass is 355 g/mol. The summed E-state index contributed by atoms with van der Waals surface area (Å²) >= 11 is 1.38. The quantitative estimate of drug-likeness (QED) is 0.487. The Hall–Kier alpha value is -1.14. The van der Waals surface area contributed by atoms with Crippen LogP contribution in [0.15, 0.2) is 46.2 Å². The molecule has 2 rings (SSSR count). The second kappa shape index (κ2) is 8.92. The molecule has 0 aliphatic rings. The van der Waals surface area contributed by atoms with Gasteiger partial charge >= 0.3 is 0 Å². The maximum absolute atomic E-state index is 9.41. The number of rotatable bonds is 2. The van der Waals surface area contributed by atoms with Crippen molar-refractivity contribution in [2.24, 2.45) is 0 Å². The van der Waals surface area contributed by atoms with E-state index in [1.54, 1.807) is 36.4 Å². The molecule has 8 heteroatoms. The molecule has 112 valence electrons. The van der Waals surface area contributed by atoms with Gasteiger partial charge in [0.25, 0.3) is 0 Å². The van der Waals surface area contributed by atoms with Gasteiger partial charge in [-0.2, -0.15) is 0 Å². The van der Waals surface area contributed by atoms with Crippen molar-refractivity contribution in [2.45, 2.75) is 9.79 Å². The molecule has 20 heavy (non-hydrogen) atoms. The Balaban J connectivity index is 0.